The van der Waals surface area contributed by atoms with Crippen LogP contribution < -0.4 is 20.1 Å². The molecular weight excluding hydrogens is 380 g/mol. The number of rotatable bonds is 6. The van der Waals surface area contributed by atoms with E-state index in [0.717, 1.165) is 32.4 Å². The molecule has 1 aliphatic heterocycles. The van der Waals surface area contributed by atoms with Crippen LogP contribution in [0, 0.1) is 11.6 Å². The molecule has 5 rings (SSSR count). The van der Waals surface area contributed by atoms with Gasteiger partial charge in [0.25, 0.3) is 0 Å². The van der Waals surface area contributed by atoms with Crippen LogP contribution in [0.1, 0.15) is 19.3 Å². The normalized spacial score (nSPS) is 18.8. The number of nitrogens with one attached hydrogen (secondary N) is 2. The minimum Gasteiger partial charge on any atom is -0.487 e. The van der Waals surface area contributed by atoms with E-state index in [-0.39, 0.29) is 29.5 Å². The first kappa shape index (κ1) is 18.0. The van der Waals surface area contributed by atoms with Gasteiger partial charge in [0.15, 0.2) is 17.4 Å². The molecule has 1 aliphatic carbocycles. The largest absolute Gasteiger partial charge is 0.487 e. The van der Waals surface area contributed by atoms with Gasteiger partial charge in [-0.2, -0.15) is 4.39 Å². The summed E-state index contributed by atoms with van der Waals surface area (Å²) in [4.78, 5) is 12.8. The molecule has 0 unspecified atom stereocenters. The van der Waals surface area contributed by atoms with E-state index in [1.807, 2.05) is 0 Å². The van der Waals surface area contributed by atoms with Crippen LogP contribution in [0.15, 0.2) is 30.6 Å². The molecule has 2 N–H and O–H groups in total. The second kappa shape index (κ2) is 7.40. The highest BCUT2D eigenvalue weighted by atomic mass is 19.2. The number of fused-ring (bicyclic) bond motifs is 1. The summed E-state index contributed by atoms with van der Waals surface area (Å²) in [6.07, 6.45) is 3.99. The quantitative estimate of drug-likeness (QED) is 0.658. The van der Waals surface area contributed by atoms with Crippen molar-refractivity contribution in [2.45, 2.75) is 31.5 Å². The smallest absolute Gasteiger partial charge is 0.214 e. The lowest BCUT2D eigenvalue weighted by atomic mass is 10.2. The first-order chi connectivity index (χ1) is 14.2. The minimum absolute atomic E-state index is 0.0220. The molecule has 0 amide bonds. The molecule has 1 saturated heterocycles. The van der Waals surface area contributed by atoms with Crippen molar-refractivity contribution in [2.75, 3.05) is 18.4 Å². The Bertz CT molecular complexity index is 1050. The number of hydrogen-bond donors (Lipinski definition) is 2. The fourth-order valence-electron chi connectivity index (χ4n) is 3.19. The van der Waals surface area contributed by atoms with Crippen LogP contribution in [0.5, 0.6) is 11.6 Å². The van der Waals surface area contributed by atoms with Crippen molar-refractivity contribution in [1.82, 2.24) is 20.3 Å². The van der Waals surface area contributed by atoms with E-state index in [0.29, 0.717) is 16.9 Å². The van der Waals surface area contributed by atoms with Crippen molar-refractivity contribution < 1.29 is 18.3 Å². The topological polar surface area (TPSA) is 81.2 Å². The zero-order valence-corrected chi connectivity index (χ0v) is 15.5. The number of hydrogen-bond acceptors (Lipinski definition) is 7. The molecule has 29 heavy (non-hydrogen) atoms. The Morgan fingerprint density at radius 3 is 2.66 bits per heavy atom. The molecule has 9 heteroatoms. The summed E-state index contributed by atoms with van der Waals surface area (Å²) in [7, 11) is 0. The Hall–Kier alpha value is -3.07. The third-order valence-electron chi connectivity index (χ3n) is 4.88. The Morgan fingerprint density at radius 2 is 1.86 bits per heavy atom. The second-order valence-electron chi connectivity index (χ2n) is 7.15. The molecule has 0 radical (unpaired) electrons. The summed E-state index contributed by atoms with van der Waals surface area (Å²) in [6, 6.07) is 6.34. The first-order valence-electron chi connectivity index (χ1n) is 9.58. The number of nitrogens with zero attached hydrogens (tertiary/aromatic N) is 3. The molecule has 1 saturated carbocycles. The molecular formula is C20H19F2N5O2. The average Bonchev–Trinajstić information content (AvgIpc) is 3.41. The predicted octanol–water partition coefficient (Wildman–Crippen LogP) is 3.33. The molecule has 1 atom stereocenters. The molecule has 150 valence electrons. The van der Waals surface area contributed by atoms with E-state index in [1.54, 1.807) is 12.1 Å². The van der Waals surface area contributed by atoms with Crippen LogP contribution in [0.2, 0.25) is 0 Å². The fourth-order valence-corrected chi connectivity index (χ4v) is 3.19. The minimum atomic E-state index is -1.03. The third kappa shape index (κ3) is 3.77. The van der Waals surface area contributed by atoms with Gasteiger partial charge in [-0.1, -0.05) is 0 Å². The zero-order chi connectivity index (χ0) is 19.8. The van der Waals surface area contributed by atoms with E-state index < -0.39 is 11.6 Å². The van der Waals surface area contributed by atoms with Gasteiger partial charge >= 0.3 is 0 Å². The summed E-state index contributed by atoms with van der Waals surface area (Å²) >= 11 is 0. The Kier molecular flexibility index (Phi) is 4.59. The molecule has 1 aromatic carbocycles. The summed E-state index contributed by atoms with van der Waals surface area (Å²) in [5.41, 5.74) is 0.918. The molecule has 7 nitrogen and oxygen atoms in total. The van der Waals surface area contributed by atoms with Gasteiger partial charge < -0.3 is 20.1 Å². The van der Waals surface area contributed by atoms with Crippen LogP contribution in [0.4, 0.5) is 20.3 Å². The highest BCUT2D eigenvalue weighted by Crippen LogP contribution is 2.33. The first-order valence-corrected chi connectivity index (χ1v) is 9.58. The van der Waals surface area contributed by atoms with E-state index in [4.69, 9.17) is 9.47 Å². The lowest BCUT2D eigenvalue weighted by molar-refractivity contribution is 0.215. The summed E-state index contributed by atoms with van der Waals surface area (Å²) in [6.45, 7) is 1.66. The SMILES string of the molecule is Fc1c(Nc2ncnc3ccc(O[C@H]4CCNC4)nc23)ccc(OC2CC2)c1F. The monoisotopic (exact) mass is 399 g/mol. The van der Waals surface area contributed by atoms with E-state index in [2.05, 4.69) is 25.6 Å². The molecule has 0 spiro atoms. The number of halogens is 2. The maximum absolute atomic E-state index is 14.6. The molecule has 0 bridgehead atoms. The Morgan fingerprint density at radius 1 is 0.966 bits per heavy atom. The Balaban J connectivity index is 1.44. The van der Waals surface area contributed by atoms with Crippen molar-refractivity contribution in [3.05, 3.63) is 42.2 Å². The number of anilines is 2. The molecule has 2 aromatic heterocycles. The summed E-state index contributed by atoms with van der Waals surface area (Å²) in [5.74, 6) is -1.43. The second-order valence-corrected chi connectivity index (χ2v) is 7.15. The summed E-state index contributed by atoms with van der Waals surface area (Å²) in [5, 5.41) is 6.05. The van der Waals surface area contributed by atoms with E-state index in [1.165, 1.54) is 18.5 Å². The number of ether oxygens (including phenoxy) is 2. The maximum atomic E-state index is 14.6. The van der Waals surface area contributed by atoms with Crippen molar-refractivity contribution in [2.24, 2.45) is 0 Å². The van der Waals surface area contributed by atoms with E-state index >= 15 is 0 Å². The van der Waals surface area contributed by atoms with Crippen LogP contribution in [-0.4, -0.2) is 40.2 Å². The highest BCUT2D eigenvalue weighted by molar-refractivity contribution is 5.87. The van der Waals surface area contributed by atoms with Gasteiger partial charge in [-0.15, -0.1) is 0 Å². The third-order valence-corrected chi connectivity index (χ3v) is 4.88. The van der Waals surface area contributed by atoms with Gasteiger partial charge in [0, 0.05) is 12.6 Å². The van der Waals surface area contributed by atoms with E-state index in [9.17, 15) is 8.78 Å². The van der Waals surface area contributed by atoms with Gasteiger partial charge in [-0.05, 0) is 44.0 Å². The lowest BCUT2D eigenvalue weighted by Crippen LogP contribution is -2.20. The van der Waals surface area contributed by atoms with Gasteiger partial charge in [0.05, 0.1) is 17.3 Å². The van der Waals surface area contributed by atoms with Crippen molar-refractivity contribution >= 4 is 22.5 Å². The van der Waals surface area contributed by atoms with Crippen molar-refractivity contribution in [3.63, 3.8) is 0 Å². The van der Waals surface area contributed by atoms with Gasteiger partial charge in [0.1, 0.15) is 17.9 Å². The van der Waals surface area contributed by atoms with Crippen LogP contribution >= 0.6 is 0 Å². The number of benzene rings is 1. The summed E-state index contributed by atoms with van der Waals surface area (Å²) < 4.78 is 40.2. The predicted molar refractivity (Wildman–Crippen MR) is 103 cm³/mol. The van der Waals surface area contributed by atoms with Crippen LogP contribution in [-0.2, 0) is 0 Å². The van der Waals surface area contributed by atoms with Crippen LogP contribution in [0.3, 0.4) is 0 Å². The number of aromatic nitrogens is 3. The lowest BCUT2D eigenvalue weighted by Gasteiger charge is -2.14. The number of pyridine rings is 1. The van der Waals surface area contributed by atoms with Gasteiger partial charge in [-0.3, -0.25) is 0 Å². The zero-order valence-electron chi connectivity index (χ0n) is 15.5. The molecule has 2 fully saturated rings. The molecule has 2 aliphatic rings. The highest BCUT2D eigenvalue weighted by Gasteiger charge is 2.26. The van der Waals surface area contributed by atoms with Crippen molar-refractivity contribution in [3.8, 4) is 11.6 Å². The maximum Gasteiger partial charge on any atom is 0.214 e. The van der Waals surface area contributed by atoms with Gasteiger partial charge in [-0.25, -0.2) is 19.3 Å². The molecule has 3 heterocycles. The Labute approximate surface area is 165 Å². The van der Waals surface area contributed by atoms with Crippen LogP contribution in [0.25, 0.3) is 11.0 Å². The fraction of sp³-hybridized carbons (Fsp3) is 0.350. The van der Waals surface area contributed by atoms with Gasteiger partial charge in [0.2, 0.25) is 11.7 Å². The standard InChI is InChI=1S/C20H19F2N5O2/c21-17-13(3-5-15(18(17)22)28-11-1-2-11)26-20-19-14(24-10-25-20)4-6-16(27-19)29-12-7-8-23-9-12/h3-6,10-12,23H,1-2,7-9H2,(H,24,25,26)/t12-/m0/s1. The average molecular weight is 399 g/mol. The van der Waals surface area contributed by atoms with Crippen molar-refractivity contribution in [1.29, 1.82) is 0 Å². The molecule has 3 aromatic rings.